The summed E-state index contributed by atoms with van der Waals surface area (Å²) in [7, 11) is 2.46. The smallest absolute Gasteiger partial charge is 0.240 e. The lowest BCUT2D eigenvalue weighted by molar-refractivity contribution is 0.400. The minimum Gasteiger partial charge on any atom is -0.319 e. The molecule has 0 unspecified atom stereocenters. The summed E-state index contributed by atoms with van der Waals surface area (Å²) in [6.07, 6.45) is 1.69. The minimum atomic E-state index is -3.38. The Labute approximate surface area is 122 Å². The van der Waals surface area contributed by atoms with Gasteiger partial charge in [0, 0.05) is 6.54 Å². The molecule has 0 bridgehead atoms. The van der Waals surface area contributed by atoms with Crippen LogP contribution in [-0.4, -0.2) is 54.1 Å². The van der Waals surface area contributed by atoms with Crippen molar-refractivity contribution in [1.82, 2.24) is 14.9 Å². The number of nitrogens with zero attached hydrogens (tertiary/aromatic N) is 1. The first-order valence-electron chi connectivity index (χ1n) is 6.83. The Balaban J connectivity index is 2.54. The van der Waals surface area contributed by atoms with Gasteiger partial charge in [0.05, 0.1) is 4.90 Å². The highest BCUT2D eigenvalue weighted by Gasteiger charge is 2.12. The number of rotatable bonds is 9. The number of sulfonamides is 1. The number of benzene rings is 1. The van der Waals surface area contributed by atoms with Crippen LogP contribution >= 0.6 is 0 Å². The molecule has 6 heteroatoms. The topological polar surface area (TPSA) is 61.4 Å². The summed E-state index contributed by atoms with van der Waals surface area (Å²) in [6, 6.07) is 7.07. The fourth-order valence-electron chi connectivity index (χ4n) is 1.79. The summed E-state index contributed by atoms with van der Waals surface area (Å²) >= 11 is 0. The quantitative estimate of drug-likeness (QED) is 0.658. The third-order valence-electron chi connectivity index (χ3n) is 2.97. The molecule has 20 heavy (non-hydrogen) atoms. The number of likely N-dealkylation sites (N-methyl/N-ethyl adjacent to an activating group) is 1. The SMILES string of the molecule is CNCCc1ccc(S(=O)(=O)NCCCN(C)C)cc1. The van der Waals surface area contributed by atoms with E-state index >= 15 is 0 Å². The fraction of sp³-hybridized carbons (Fsp3) is 0.571. The largest absolute Gasteiger partial charge is 0.319 e. The summed E-state index contributed by atoms with van der Waals surface area (Å²) in [6.45, 7) is 2.21. The summed E-state index contributed by atoms with van der Waals surface area (Å²) in [4.78, 5) is 2.36. The average Bonchev–Trinajstić information content (AvgIpc) is 2.42. The zero-order valence-electron chi connectivity index (χ0n) is 12.5. The highest BCUT2D eigenvalue weighted by Crippen LogP contribution is 2.10. The molecule has 2 N–H and O–H groups in total. The van der Waals surface area contributed by atoms with E-state index in [-0.39, 0.29) is 0 Å². The molecule has 5 nitrogen and oxygen atoms in total. The van der Waals surface area contributed by atoms with Crippen molar-refractivity contribution in [2.75, 3.05) is 40.8 Å². The molecule has 0 spiro atoms. The van der Waals surface area contributed by atoms with Crippen LogP contribution in [0.1, 0.15) is 12.0 Å². The summed E-state index contributed by atoms with van der Waals surface area (Å²) in [5.74, 6) is 0. The second-order valence-corrected chi connectivity index (χ2v) is 6.82. The molecule has 0 heterocycles. The van der Waals surface area contributed by atoms with E-state index in [1.165, 1.54) is 0 Å². The molecule has 0 aliphatic carbocycles. The highest BCUT2D eigenvalue weighted by atomic mass is 32.2. The van der Waals surface area contributed by atoms with E-state index in [4.69, 9.17) is 0 Å². The van der Waals surface area contributed by atoms with Gasteiger partial charge in [0.1, 0.15) is 0 Å². The van der Waals surface area contributed by atoms with E-state index < -0.39 is 10.0 Å². The molecule has 0 aromatic heterocycles. The van der Waals surface area contributed by atoms with Gasteiger partial charge < -0.3 is 10.2 Å². The normalized spacial score (nSPS) is 12.0. The Morgan fingerprint density at radius 3 is 2.30 bits per heavy atom. The van der Waals surface area contributed by atoms with Crippen molar-refractivity contribution in [3.05, 3.63) is 29.8 Å². The van der Waals surface area contributed by atoms with Crippen molar-refractivity contribution in [2.24, 2.45) is 0 Å². The van der Waals surface area contributed by atoms with Crippen molar-refractivity contribution < 1.29 is 8.42 Å². The standard InChI is InChI=1S/C14H25N3O2S/c1-15-11-9-13-5-7-14(8-6-13)20(18,19)16-10-4-12-17(2)3/h5-8,15-16H,4,9-12H2,1-3H3. The van der Waals surface area contributed by atoms with Crippen LogP contribution < -0.4 is 10.0 Å². The first-order chi connectivity index (χ1) is 9.45. The van der Waals surface area contributed by atoms with E-state index in [0.29, 0.717) is 11.4 Å². The highest BCUT2D eigenvalue weighted by molar-refractivity contribution is 7.89. The second-order valence-electron chi connectivity index (χ2n) is 5.05. The number of nitrogens with one attached hydrogen (secondary N) is 2. The lowest BCUT2D eigenvalue weighted by atomic mass is 10.1. The van der Waals surface area contributed by atoms with Gasteiger partial charge in [-0.3, -0.25) is 0 Å². The average molecular weight is 299 g/mol. The van der Waals surface area contributed by atoms with Crippen LogP contribution in [0.3, 0.4) is 0 Å². The van der Waals surface area contributed by atoms with E-state index in [2.05, 4.69) is 10.0 Å². The van der Waals surface area contributed by atoms with E-state index in [0.717, 1.165) is 31.5 Å². The first-order valence-corrected chi connectivity index (χ1v) is 8.32. The Hall–Kier alpha value is -0.950. The zero-order valence-corrected chi connectivity index (χ0v) is 13.3. The lowest BCUT2D eigenvalue weighted by Crippen LogP contribution is -2.27. The number of hydrogen-bond acceptors (Lipinski definition) is 4. The molecule has 1 aromatic rings. The summed E-state index contributed by atoms with van der Waals surface area (Å²) < 4.78 is 26.8. The van der Waals surface area contributed by atoms with Gasteiger partial charge in [-0.15, -0.1) is 0 Å². The molecule has 0 saturated heterocycles. The van der Waals surface area contributed by atoms with Gasteiger partial charge in [-0.05, 0) is 64.8 Å². The third-order valence-corrected chi connectivity index (χ3v) is 4.45. The Kier molecular flexibility index (Phi) is 7.15. The van der Waals surface area contributed by atoms with Crippen molar-refractivity contribution >= 4 is 10.0 Å². The van der Waals surface area contributed by atoms with Crippen molar-refractivity contribution in [3.8, 4) is 0 Å². The van der Waals surface area contributed by atoms with Crippen LogP contribution in [0.2, 0.25) is 0 Å². The fourth-order valence-corrected chi connectivity index (χ4v) is 2.86. The Bertz CT molecular complexity index is 484. The van der Waals surface area contributed by atoms with E-state index in [1.54, 1.807) is 12.1 Å². The van der Waals surface area contributed by atoms with Crippen LogP contribution in [0.4, 0.5) is 0 Å². The van der Waals surface area contributed by atoms with Crippen LogP contribution in [0, 0.1) is 0 Å². The van der Waals surface area contributed by atoms with Gasteiger partial charge in [0.2, 0.25) is 10.0 Å². The second kappa shape index (κ2) is 8.36. The summed E-state index contributed by atoms with van der Waals surface area (Å²) in [5.41, 5.74) is 1.13. The molecule has 0 radical (unpaired) electrons. The molecule has 0 aliphatic heterocycles. The molecule has 1 aromatic carbocycles. The zero-order chi connectivity index (χ0) is 15.0. The predicted octanol–water partition coefficient (Wildman–Crippen LogP) is 0.679. The first kappa shape index (κ1) is 17.1. The summed E-state index contributed by atoms with van der Waals surface area (Å²) in [5, 5.41) is 3.07. The molecule has 0 aliphatic rings. The maximum Gasteiger partial charge on any atom is 0.240 e. The van der Waals surface area contributed by atoms with Crippen LogP contribution in [0.15, 0.2) is 29.2 Å². The molecule has 0 saturated carbocycles. The lowest BCUT2D eigenvalue weighted by Gasteiger charge is -2.10. The van der Waals surface area contributed by atoms with Gasteiger partial charge >= 0.3 is 0 Å². The third kappa shape index (κ3) is 6.00. The van der Waals surface area contributed by atoms with Gasteiger partial charge in [-0.25, -0.2) is 13.1 Å². The van der Waals surface area contributed by atoms with Gasteiger partial charge in [-0.2, -0.15) is 0 Å². The van der Waals surface area contributed by atoms with E-state index in [9.17, 15) is 8.42 Å². The molecule has 1 rings (SSSR count). The van der Waals surface area contributed by atoms with Crippen molar-refractivity contribution in [2.45, 2.75) is 17.7 Å². The molecule has 114 valence electrons. The molecular formula is C14H25N3O2S. The number of hydrogen-bond donors (Lipinski definition) is 2. The maximum atomic E-state index is 12.1. The maximum absolute atomic E-state index is 12.1. The van der Waals surface area contributed by atoms with Crippen LogP contribution in [0.5, 0.6) is 0 Å². The molecule has 0 atom stereocenters. The van der Waals surface area contributed by atoms with E-state index in [1.807, 2.05) is 38.2 Å². The monoisotopic (exact) mass is 299 g/mol. The van der Waals surface area contributed by atoms with Gasteiger partial charge in [0.25, 0.3) is 0 Å². The van der Waals surface area contributed by atoms with Crippen LogP contribution in [0.25, 0.3) is 0 Å². The van der Waals surface area contributed by atoms with Crippen molar-refractivity contribution in [1.29, 1.82) is 0 Å². The van der Waals surface area contributed by atoms with Crippen LogP contribution in [-0.2, 0) is 16.4 Å². The predicted molar refractivity (Wildman–Crippen MR) is 82.4 cm³/mol. The molecule has 0 fully saturated rings. The van der Waals surface area contributed by atoms with Gasteiger partial charge in [-0.1, -0.05) is 12.1 Å². The Morgan fingerprint density at radius 1 is 1.10 bits per heavy atom. The van der Waals surface area contributed by atoms with Crippen molar-refractivity contribution in [3.63, 3.8) is 0 Å². The van der Waals surface area contributed by atoms with Gasteiger partial charge in [0.15, 0.2) is 0 Å². The Morgan fingerprint density at radius 2 is 1.75 bits per heavy atom. The molecule has 0 amide bonds. The molecular weight excluding hydrogens is 274 g/mol. The minimum absolute atomic E-state index is 0.329.